The second-order valence-electron chi connectivity index (χ2n) is 6.01. The molecule has 3 aromatic rings. The maximum atomic E-state index is 9.53. The third kappa shape index (κ3) is 2.90. The van der Waals surface area contributed by atoms with Crippen LogP contribution in [0.5, 0.6) is 5.75 Å². The Morgan fingerprint density at radius 1 is 1.21 bits per heavy atom. The first kappa shape index (κ1) is 14.9. The predicted molar refractivity (Wildman–Crippen MR) is 100 cm³/mol. The molecule has 1 aliphatic rings. The fraction of sp³-hybridized carbons (Fsp3) is 0.158. The molecule has 1 aromatic carbocycles. The first-order valence-corrected chi connectivity index (χ1v) is 8.55. The van der Waals surface area contributed by atoms with Crippen molar-refractivity contribution in [3.8, 4) is 5.75 Å². The minimum absolute atomic E-state index is 0.279. The number of allylic oxidation sites excluding steroid dienone is 3. The SMILES string of the molecule is CN(C)c1ccc(C2=CC2/C=C/c2nc3ccc(O)cc3s2)cn1. The summed E-state index contributed by atoms with van der Waals surface area (Å²) in [4.78, 5) is 11.0. The molecule has 5 heteroatoms. The van der Waals surface area contributed by atoms with E-state index in [1.165, 1.54) is 11.1 Å². The Balaban J connectivity index is 1.45. The van der Waals surface area contributed by atoms with Crippen LogP contribution in [0, 0.1) is 5.92 Å². The number of rotatable bonds is 4. The highest BCUT2D eigenvalue weighted by molar-refractivity contribution is 7.19. The Morgan fingerprint density at radius 2 is 2.08 bits per heavy atom. The first-order valence-electron chi connectivity index (χ1n) is 7.73. The van der Waals surface area contributed by atoms with Crippen LogP contribution < -0.4 is 4.90 Å². The zero-order valence-corrected chi connectivity index (χ0v) is 14.3. The van der Waals surface area contributed by atoms with E-state index in [1.54, 1.807) is 23.5 Å². The lowest BCUT2D eigenvalue weighted by molar-refractivity contribution is 0.476. The molecule has 0 amide bonds. The summed E-state index contributed by atoms with van der Waals surface area (Å²) in [6.45, 7) is 0. The zero-order valence-electron chi connectivity index (χ0n) is 13.5. The molecule has 1 aliphatic carbocycles. The number of fused-ring (bicyclic) bond motifs is 1. The Kier molecular flexibility index (Phi) is 3.58. The normalized spacial score (nSPS) is 16.6. The van der Waals surface area contributed by atoms with Gasteiger partial charge in [-0.2, -0.15) is 0 Å². The number of phenols is 1. The minimum atomic E-state index is 0.279. The summed E-state index contributed by atoms with van der Waals surface area (Å²) < 4.78 is 1.00. The maximum Gasteiger partial charge on any atom is 0.127 e. The van der Waals surface area contributed by atoms with Crippen LogP contribution in [-0.4, -0.2) is 29.2 Å². The maximum absolute atomic E-state index is 9.53. The van der Waals surface area contributed by atoms with Gasteiger partial charge in [-0.3, -0.25) is 0 Å². The zero-order chi connectivity index (χ0) is 16.7. The molecule has 0 aliphatic heterocycles. The van der Waals surface area contributed by atoms with Crippen LogP contribution in [0.4, 0.5) is 5.82 Å². The second kappa shape index (κ2) is 5.76. The summed E-state index contributed by atoms with van der Waals surface area (Å²) in [6.07, 6.45) is 8.36. The summed E-state index contributed by atoms with van der Waals surface area (Å²) in [5.74, 6) is 1.60. The first-order chi connectivity index (χ1) is 11.6. The topological polar surface area (TPSA) is 49.2 Å². The Labute approximate surface area is 144 Å². The monoisotopic (exact) mass is 335 g/mol. The molecule has 1 N–H and O–H groups in total. The fourth-order valence-electron chi connectivity index (χ4n) is 2.60. The van der Waals surface area contributed by atoms with E-state index in [2.05, 4.69) is 34.3 Å². The molecule has 2 heterocycles. The number of anilines is 1. The van der Waals surface area contributed by atoms with Gasteiger partial charge in [-0.25, -0.2) is 9.97 Å². The van der Waals surface area contributed by atoms with Crippen molar-refractivity contribution >= 4 is 39.0 Å². The van der Waals surface area contributed by atoms with E-state index < -0.39 is 0 Å². The molecule has 4 rings (SSSR count). The van der Waals surface area contributed by atoms with Gasteiger partial charge >= 0.3 is 0 Å². The molecule has 1 unspecified atom stereocenters. The number of thiazole rings is 1. The summed E-state index contributed by atoms with van der Waals surface area (Å²) in [5, 5.41) is 10.5. The van der Waals surface area contributed by atoms with Crippen LogP contribution in [0.15, 0.2) is 48.7 Å². The average Bonchev–Trinajstić information content (AvgIpc) is 3.24. The number of aromatic nitrogens is 2. The molecule has 0 radical (unpaired) electrons. The molecule has 0 bridgehead atoms. The van der Waals surface area contributed by atoms with Gasteiger partial charge in [-0.05, 0) is 47.5 Å². The quantitative estimate of drug-likeness (QED) is 0.777. The van der Waals surface area contributed by atoms with Gasteiger partial charge in [0.25, 0.3) is 0 Å². The van der Waals surface area contributed by atoms with E-state index in [4.69, 9.17) is 0 Å². The molecule has 0 spiro atoms. The third-order valence-corrected chi connectivity index (χ3v) is 4.97. The lowest BCUT2D eigenvalue weighted by Gasteiger charge is -2.10. The largest absolute Gasteiger partial charge is 0.508 e. The van der Waals surface area contributed by atoms with Crippen molar-refractivity contribution in [3.63, 3.8) is 0 Å². The lowest BCUT2D eigenvalue weighted by atomic mass is 10.1. The fourth-order valence-corrected chi connectivity index (χ4v) is 3.52. The van der Waals surface area contributed by atoms with Crippen LogP contribution in [0.3, 0.4) is 0 Å². The van der Waals surface area contributed by atoms with Crippen molar-refractivity contribution < 1.29 is 5.11 Å². The van der Waals surface area contributed by atoms with Crippen molar-refractivity contribution in [2.45, 2.75) is 0 Å². The Bertz CT molecular complexity index is 954. The minimum Gasteiger partial charge on any atom is -0.508 e. The average molecular weight is 335 g/mol. The number of benzene rings is 1. The molecular weight excluding hydrogens is 318 g/mol. The van der Waals surface area contributed by atoms with E-state index in [1.807, 2.05) is 37.3 Å². The highest BCUT2D eigenvalue weighted by Crippen LogP contribution is 2.40. The highest BCUT2D eigenvalue weighted by atomic mass is 32.1. The van der Waals surface area contributed by atoms with Gasteiger partial charge in [0.1, 0.15) is 16.6 Å². The van der Waals surface area contributed by atoms with Gasteiger partial charge in [0.2, 0.25) is 0 Å². The number of pyridine rings is 1. The lowest BCUT2D eigenvalue weighted by Crippen LogP contribution is -2.10. The Morgan fingerprint density at radius 3 is 2.83 bits per heavy atom. The molecule has 4 nitrogen and oxygen atoms in total. The van der Waals surface area contributed by atoms with E-state index in [9.17, 15) is 5.11 Å². The summed E-state index contributed by atoms with van der Waals surface area (Å²) in [5.41, 5.74) is 3.40. The molecule has 1 atom stereocenters. The summed E-state index contributed by atoms with van der Waals surface area (Å²) in [7, 11) is 3.98. The Hall–Kier alpha value is -2.66. The van der Waals surface area contributed by atoms with E-state index in [0.717, 1.165) is 21.0 Å². The number of hydrogen-bond acceptors (Lipinski definition) is 5. The second-order valence-corrected chi connectivity index (χ2v) is 7.07. The van der Waals surface area contributed by atoms with E-state index >= 15 is 0 Å². The van der Waals surface area contributed by atoms with Gasteiger partial charge in [-0.15, -0.1) is 11.3 Å². The molecule has 2 aromatic heterocycles. The molecule has 0 saturated heterocycles. The van der Waals surface area contributed by atoms with Gasteiger partial charge in [0.15, 0.2) is 0 Å². The van der Waals surface area contributed by atoms with Gasteiger partial charge in [0, 0.05) is 26.2 Å². The molecular formula is C19H17N3OS. The smallest absolute Gasteiger partial charge is 0.127 e. The molecule has 0 fully saturated rings. The number of aromatic hydroxyl groups is 1. The molecule has 24 heavy (non-hydrogen) atoms. The standard InChI is InChI=1S/C19H17N3OS/c1-22(2)18-7-3-13(11-20-18)15-9-12(15)4-8-19-21-16-6-5-14(23)10-17(16)24-19/h3-12,23H,1-2H3/b8-4+. The van der Waals surface area contributed by atoms with Gasteiger partial charge < -0.3 is 10.0 Å². The number of phenolic OH excluding ortho intramolecular Hbond substituents is 1. The number of hydrogen-bond donors (Lipinski definition) is 1. The third-order valence-electron chi connectivity index (χ3n) is 3.98. The molecule has 120 valence electrons. The van der Waals surface area contributed by atoms with Crippen molar-refractivity contribution in [2.24, 2.45) is 5.92 Å². The highest BCUT2D eigenvalue weighted by Gasteiger charge is 2.23. The van der Waals surface area contributed by atoms with Gasteiger partial charge in [0.05, 0.1) is 10.2 Å². The van der Waals surface area contributed by atoms with Crippen LogP contribution in [-0.2, 0) is 0 Å². The summed E-state index contributed by atoms with van der Waals surface area (Å²) in [6, 6.07) is 9.42. The van der Waals surface area contributed by atoms with Crippen LogP contribution in [0.25, 0.3) is 21.9 Å². The number of nitrogens with zero attached hydrogens (tertiary/aromatic N) is 3. The van der Waals surface area contributed by atoms with Crippen molar-refractivity contribution in [3.05, 3.63) is 59.3 Å². The van der Waals surface area contributed by atoms with Crippen molar-refractivity contribution in [1.82, 2.24) is 9.97 Å². The van der Waals surface area contributed by atoms with Crippen LogP contribution in [0.1, 0.15) is 10.6 Å². The molecule has 0 saturated carbocycles. The van der Waals surface area contributed by atoms with Crippen molar-refractivity contribution in [1.29, 1.82) is 0 Å². The van der Waals surface area contributed by atoms with Crippen LogP contribution >= 0.6 is 11.3 Å². The van der Waals surface area contributed by atoms with E-state index in [0.29, 0.717) is 5.92 Å². The summed E-state index contributed by atoms with van der Waals surface area (Å²) >= 11 is 1.58. The van der Waals surface area contributed by atoms with Gasteiger partial charge in [-0.1, -0.05) is 12.2 Å². The predicted octanol–water partition coefficient (Wildman–Crippen LogP) is 4.19. The van der Waals surface area contributed by atoms with Crippen LogP contribution in [0.2, 0.25) is 0 Å². The van der Waals surface area contributed by atoms with Crippen molar-refractivity contribution in [2.75, 3.05) is 19.0 Å². The van der Waals surface area contributed by atoms with E-state index in [-0.39, 0.29) is 5.75 Å².